The standard InChI is InChI=1S/C20H7Cl5/c21-12-7-8-3-1-5-10-13(8)14-9(12)4-2-6-11(14)16-15(10)17(22)19(24)20(25)18(16)23/h1-7H. The lowest BCUT2D eigenvalue weighted by molar-refractivity contribution is 1.77. The summed E-state index contributed by atoms with van der Waals surface area (Å²) < 4.78 is 0. The number of halogens is 5. The zero-order valence-electron chi connectivity index (χ0n) is 12.4. The minimum Gasteiger partial charge on any atom is -0.0836 e. The van der Waals surface area contributed by atoms with Gasteiger partial charge in [0.15, 0.2) is 0 Å². The van der Waals surface area contributed by atoms with Crippen LogP contribution in [0.1, 0.15) is 0 Å². The van der Waals surface area contributed by atoms with Crippen molar-refractivity contribution in [1.82, 2.24) is 0 Å². The third kappa shape index (κ3) is 1.98. The molecule has 0 amide bonds. The van der Waals surface area contributed by atoms with Crippen molar-refractivity contribution in [2.75, 3.05) is 0 Å². The average molecular weight is 425 g/mol. The zero-order valence-corrected chi connectivity index (χ0v) is 16.2. The Morgan fingerprint density at radius 3 is 1.64 bits per heavy atom. The lowest BCUT2D eigenvalue weighted by Crippen LogP contribution is -1.90. The molecule has 122 valence electrons. The Balaban J connectivity index is 2.32. The van der Waals surface area contributed by atoms with E-state index in [0.29, 0.717) is 15.1 Å². The van der Waals surface area contributed by atoms with Crippen LogP contribution in [0.3, 0.4) is 0 Å². The first-order chi connectivity index (χ1) is 12.0. The topological polar surface area (TPSA) is 0 Å². The van der Waals surface area contributed by atoms with Gasteiger partial charge >= 0.3 is 0 Å². The van der Waals surface area contributed by atoms with Crippen LogP contribution in [0.5, 0.6) is 0 Å². The predicted molar refractivity (Wildman–Crippen MR) is 113 cm³/mol. The molecular weight excluding hydrogens is 417 g/mol. The second-order valence-corrected chi connectivity index (χ2v) is 7.92. The van der Waals surface area contributed by atoms with Crippen LogP contribution in [0, 0.1) is 0 Å². The van der Waals surface area contributed by atoms with E-state index in [1.807, 2.05) is 42.5 Å². The van der Waals surface area contributed by atoms with Crippen molar-refractivity contribution in [1.29, 1.82) is 0 Å². The fourth-order valence-electron chi connectivity index (χ4n) is 3.76. The Morgan fingerprint density at radius 2 is 1.00 bits per heavy atom. The van der Waals surface area contributed by atoms with Gasteiger partial charge in [0.05, 0.1) is 20.1 Å². The Bertz CT molecular complexity index is 1340. The minimum atomic E-state index is 0.265. The zero-order chi connectivity index (χ0) is 17.5. The van der Waals surface area contributed by atoms with Gasteiger partial charge in [-0.2, -0.15) is 0 Å². The Morgan fingerprint density at radius 1 is 0.480 bits per heavy atom. The summed E-state index contributed by atoms with van der Waals surface area (Å²) in [6, 6.07) is 14.0. The maximum Gasteiger partial charge on any atom is 0.0800 e. The maximum atomic E-state index is 6.61. The van der Waals surface area contributed by atoms with Crippen LogP contribution in [-0.4, -0.2) is 0 Å². The fraction of sp³-hybridized carbons (Fsp3) is 0. The molecular formula is C20H7Cl5. The second kappa shape index (κ2) is 5.42. The van der Waals surface area contributed by atoms with E-state index in [1.165, 1.54) is 0 Å². The molecule has 0 aliphatic carbocycles. The summed E-state index contributed by atoms with van der Waals surface area (Å²) in [7, 11) is 0. The first kappa shape index (κ1) is 16.1. The highest BCUT2D eigenvalue weighted by Gasteiger charge is 2.22. The van der Waals surface area contributed by atoms with Crippen LogP contribution < -0.4 is 0 Å². The molecule has 0 spiro atoms. The molecule has 0 heterocycles. The molecule has 5 rings (SSSR count). The molecule has 0 N–H and O–H groups in total. The van der Waals surface area contributed by atoms with Gasteiger partial charge in [0.25, 0.3) is 0 Å². The molecule has 5 aromatic rings. The highest BCUT2D eigenvalue weighted by molar-refractivity contribution is 6.58. The number of hydrogen-bond donors (Lipinski definition) is 0. The summed E-state index contributed by atoms with van der Waals surface area (Å²) in [5, 5.41) is 9.80. The lowest BCUT2D eigenvalue weighted by atomic mass is 9.89. The summed E-state index contributed by atoms with van der Waals surface area (Å²) in [6.45, 7) is 0. The molecule has 0 aliphatic rings. The van der Waals surface area contributed by atoms with Gasteiger partial charge in [-0.25, -0.2) is 0 Å². The molecule has 0 aromatic heterocycles. The maximum absolute atomic E-state index is 6.61. The van der Waals surface area contributed by atoms with Gasteiger partial charge < -0.3 is 0 Å². The molecule has 5 aromatic carbocycles. The van der Waals surface area contributed by atoms with E-state index in [2.05, 4.69) is 0 Å². The molecule has 0 fully saturated rings. The van der Waals surface area contributed by atoms with Crippen molar-refractivity contribution < 1.29 is 0 Å². The highest BCUT2D eigenvalue weighted by Crippen LogP contribution is 2.51. The molecule has 0 aliphatic heterocycles. The molecule has 0 saturated carbocycles. The summed E-state index contributed by atoms with van der Waals surface area (Å²) in [4.78, 5) is 0. The van der Waals surface area contributed by atoms with Crippen molar-refractivity contribution in [2.24, 2.45) is 0 Å². The van der Waals surface area contributed by atoms with E-state index in [1.54, 1.807) is 0 Å². The van der Waals surface area contributed by atoms with E-state index < -0.39 is 0 Å². The van der Waals surface area contributed by atoms with Crippen molar-refractivity contribution in [3.05, 3.63) is 67.6 Å². The minimum absolute atomic E-state index is 0.265. The van der Waals surface area contributed by atoms with Crippen LogP contribution in [0.25, 0.3) is 43.1 Å². The highest BCUT2D eigenvalue weighted by atomic mass is 35.5. The molecule has 25 heavy (non-hydrogen) atoms. The molecule has 0 unspecified atom stereocenters. The van der Waals surface area contributed by atoms with Crippen molar-refractivity contribution >= 4 is 101 Å². The van der Waals surface area contributed by atoms with Crippen LogP contribution in [0.2, 0.25) is 25.1 Å². The molecule has 0 radical (unpaired) electrons. The van der Waals surface area contributed by atoms with E-state index in [9.17, 15) is 0 Å². The van der Waals surface area contributed by atoms with Gasteiger partial charge in [0.1, 0.15) is 0 Å². The number of fused-ring (bicyclic) bond motifs is 3. The number of hydrogen-bond acceptors (Lipinski definition) is 0. The quantitative estimate of drug-likeness (QED) is 0.101. The molecule has 0 atom stereocenters. The van der Waals surface area contributed by atoms with Gasteiger partial charge in [0.2, 0.25) is 0 Å². The average Bonchev–Trinajstić information content (AvgIpc) is 2.62. The largest absolute Gasteiger partial charge is 0.0836 e. The first-order valence-electron chi connectivity index (χ1n) is 7.51. The number of rotatable bonds is 0. The SMILES string of the molecule is Clc1c(Cl)c(Cl)c2c3cccc4c(Cl)cc5cccc(c2c1Cl)c5c43. The lowest BCUT2D eigenvalue weighted by Gasteiger charge is -2.18. The smallest absolute Gasteiger partial charge is 0.0800 e. The van der Waals surface area contributed by atoms with Gasteiger partial charge in [-0.15, -0.1) is 0 Å². The summed E-state index contributed by atoms with van der Waals surface area (Å²) in [5.41, 5.74) is 0. The van der Waals surface area contributed by atoms with Gasteiger partial charge in [0, 0.05) is 21.2 Å². The summed E-state index contributed by atoms with van der Waals surface area (Å²) >= 11 is 32.4. The van der Waals surface area contributed by atoms with Crippen molar-refractivity contribution in [2.45, 2.75) is 0 Å². The van der Waals surface area contributed by atoms with Crippen LogP contribution in [0.15, 0.2) is 42.5 Å². The predicted octanol–water partition coefficient (Wildman–Crippen LogP) is 9.00. The normalized spacial score (nSPS) is 12.2. The van der Waals surface area contributed by atoms with E-state index in [0.717, 1.165) is 43.1 Å². The third-order valence-electron chi connectivity index (χ3n) is 4.76. The molecule has 0 saturated heterocycles. The Labute approximate surface area is 168 Å². The summed E-state index contributed by atoms with van der Waals surface area (Å²) in [6.07, 6.45) is 0. The Hall–Kier alpha value is -1.15. The van der Waals surface area contributed by atoms with Gasteiger partial charge in [-0.1, -0.05) is 94.4 Å². The van der Waals surface area contributed by atoms with Gasteiger partial charge in [-0.3, -0.25) is 0 Å². The first-order valence-corrected chi connectivity index (χ1v) is 9.40. The summed E-state index contributed by atoms with van der Waals surface area (Å²) in [5.74, 6) is 0. The molecule has 5 heteroatoms. The molecule has 0 bridgehead atoms. The van der Waals surface area contributed by atoms with E-state index in [4.69, 9.17) is 58.0 Å². The van der Waals surface area contributed by atoms with Crippen LogP contribution in [-0.2, 0) is 0 Å². The number of benzene rings is 5. The van der Waals surface area contributed by atoms with Crippen molar-refractivity contribution in [3.8, 4) is 0 Å². The van der Waals surface area contributed by atoms with Crippen molar-refractivity contribution in [3.63, 3.8) is 0 Å². The van der Waals surface area contributed by atoms with Crippen LogP contribution >= 0.6 is 58.0 Å². The monoisotopic (exact) mass is 422 g/mol. The van der Waals surface area contributed by atoms with Crippen LogP contribution in [0.4, 0.5) is 0 Å². The van der Waals surface area contributed by atoms with Gasteiger partial charge in [-0.05, 0) is 33.0 Å². The Kier molecular flexibility index (Phi) is 3.48. The second-order valence-electron chi connectivity index (χ2n) is 6.00. The van der Waals surface area contributed by atoms with E-state index in [-0.39, 0.29) is 10.0 Å². The van der Waals surface area contributed by atoms with E-state index >= 15 is 0 Å². The molecule has 0 nitrogen and oxygen atoms in total. The fourth-order valence-corrected chi connectivity index (χ4v) is 5.09. The third-order valence-corrected chi connectivity index (χ3v) is 6.87.